The molecule has 0 radical (unpaired) electrons. The van der Waals surface area contributed by atoms with E-state index in [-0.39, 0.29) is 11.9 Å². The van der Waals surface area contributed by atoms with E-state index in [1.807, 2.05) is 22.8 Å². The van der Waals surface area contributed by atoms with Crippen molar-refractivity contribution in [3.05, 3.63) is 30.1 Å². The van der Waals surface area contributed by atoms with Crippen LogP contribution in [0, 0.1) is 12.8 Å². The number of nitrogens with one attached hydrogen (secondary N) is 2. The lowest BCUT2D eigenvalue weighted by molar-refractivity contribution is -0.122. The number of anilines is 3. The molecule has 4 heterocycles. The van der Waals surface area contributed by atoms with Gasteiger partial charge in [-0.1, -0.05) is 6.92 Å². The average molecular weight is 409 g/mol. The first-order chi connectivity index (χ1) is 14.5. The molecule has 0 amide bonds. The Balaban J connectivity index is 0.000000473. The third-order valence-corrected chi connectivity index (χ3v) is 5.66. The second-order valence-electron chi connectivity index (χ2n) is 7.74. The van der Waals surface area contributed by atoms with Crippen molar-refractivity contribution in [2.45, 2.75) is 51.0 Å². The molecule has 5 rings (SSSR count). The summed E-state index contributed by atoms with van der Waals surface area (Å²) in [5, 5.41) is 22.6. The number of carbonyl (C=O) groups is 1. The van der Waals surface area contributed by atoms with Crippen LogP contribution in [0.1, 0.15) is 45.2 Å². The minimum atomic E-state index is -0.250. The van der Waals surface area contributed by atoms with Gasteiger partial charge in [-0.3, -0.25) is 9.89 Å². The van der Waals surface area contributed by atoms with E-state index in [0.29, 0.717) is 6.04 Å². The van der Waals surface area contributed by atoms with Crippen LogP contribution < -0.4 is 10.2 Å². The van der Waals surface area contributed by atoms with Crippen molar-refractivity contribution in [2.75, 3.05) is 16.8 Å². The Morgan fingerprint density at radius 1 is 1.40 bits per heavy atom. The molecule has 0 aromatic carbocycles. The van der Waals surface area contributed by atoms with E-state index in [1.54, 1.807) is 0 Å². The van der Waals surface area contributed by atoms with Gasteiger partial charge in [0, 0.05) is 36.0 Å². The Morgan fingerprint density at radius 3 is 2.77 bits per heavy atom. The molecule has 9 heteroatoms. The quantitative estimate of drug-likeness (QED) is 0.448. The maximum absolute atomic E-state index is 8.36. The fraction of sp³-hybridized carbons (Fsp3) is 0.429. The number of nitrogens with zero attached hydrogens (tertiary/aromatic N) is 5. The lowest BCUT2D eigenvalue weighted by Gasteiger charge is -2.22. The van der Waals surface area contributed by atoms with Gasteiger partial charge in [0.25, 0.3) is 6.47 Å². The Bertz CT molecular complexity index is 1020. The molecule has 1 aliphatic carbocycles. The number of aromatic nitrogens is 5. The molecule has 0 bridgehead atoms. The molecule has 1 saturated heterocycles. The summed E-state index contributed by atoms with van der Waals surface area (Å²) in [5.74, 6) is 2.39. The van der Waals surface area contributed by atoms with Crippen molar-refractivity contribution in [3.63, 3.8) is 0 Å². The maximum atomic E-state index is 8.36. The van der Waals surface area contributed by atoms with Crippen molar-refractivity contribution in [3.8, 4) is 12.8 Å². The van der Waals surface area contributed by atoms with Crippen molar-refractivity contribution < 1.29 is 9.90 Å². The SMILES string of the molecule is C#C.C[C@H]1CCCN1c1nc(Nc2cc(C3(C)CC3)[nH]n2)c2cccn2n1.O=CO. The van der Waals surface area contributed by atoms with Gasteiger partial charge in [-0.15, -0.1) is 17.9 Å². The molecule has 158 valence electrons. The van der Waals surface area contributed by atoms with E-state index in [2.05, 4.69) is 58.3 Å². The topological polar surface area (TPSA) is 111 Å². The molecular formula is C21H27N7O2. The van der Waals surface area contributed by atoms with Crippen LogP contribution in [0.3, 0.4) is 0 Å². The van der Waals surface area contributed by atoms with Crippen LogP contribution in [0.25, 0.3) is 5.52 Å². The maximum Gasteiger partial charge on any atom is 0.290 e. The van der Waals surface area contributed by atoms with Gasteiger partial charge in [0.1, 0.15) is 5.52 Å². The fourth-order valence-corrected chi connectivity index (χ4v) is 3.64. The van der Waals surface area contributed by atoms with Gasteiger partial charge < -0.3 is 15.3 Å². The predicted octanol–water partition coefficient (Wildman–Crippen LogP) is 3.19. The minimum Gasteiger partial charge on any atom is -0.483 e. The van der Waals surface area contributed by atoms with Crippen molar-refractivity contribution in [1.82, 2.24) is 24.8 Å². The van der Waals surface area contributed by atoms with Gasteiger partial charge in [0.05, 0.1) is 0 Å². The van der Waals surface area contributed by atoms with Gasteiger partial charge in [-0.05, 0) is 44.7 Å². The molecule has 1 saturated carbocycles. The van der Waals surface area contributed by atoms with Crippen LogP contribution in [-0.4, -0.2) is 49.0 Å². The molecule has 1 atom stereocenters. The van der Waals surface area contributed by atoms with Crippen molar-refractivity contribution >= 4 is 29.6 Å². The summed E-state index contributed by atoms with van der Waals surface area (Å²) in [7, 11) is 0. The van der Waals surface area contributed by atoms with E-state index >= 15 is 0 Å². The molecule has 9 nitrogen and oxygen atoms in total. The van der Waals surface area contributed by atoms with Gasteiger partial charge in [-0.2, -0.15) is 10.1 Å². The summed E-state index contributed by atoms with van der Waals surface area (Å²) < 4.78 is 1.89. The summed E-state index contributed by atoms with van der Waals surface area (Å²) in [5.41, 5.74) is 2.43. The van der Waals surface area contributed by atoms with E-state index in [0.717, 1.165) is 29.6 Å². The highest BCUT2D eigenvalue weighted by molar-refractivity contribution is 5.73. The average Bonchev–Trinajstić information content (AvgIpc) is 3.17. The number of hydrogen-bond acceptors (Lipinski definition) is 6. The third kappa shape index (κ3) is 4.22. The molecule has 2 aliphatic rings. The lowest BCUT2D eigenvalue weighted by atomic mass is 10.1. The first-order valence-electron chi connectivity index (χ1n) is 9.90. The van der Waals surface area contributed by atoms with E-state index < -0.39 is 0 Å². The fourth-order valence-electron chi connectivity index (χ4n) is 3.64. The van der Waals surface area contributed by atoms with Gasteiger partial charge >= 0.3 is 0 Å². The number of carboxylic acid groups (broad SMARTS) is 1. The van der Waals surface area contributed by atoms with Crippen LogP contribution >= 0.6 is 0 Å². The van der Waals surface area contributed by atoms with Gasteiger partial charge in [0.15, 0.2) is 11.6 Å². The molecule has 30 heavy (non-hydrogen) atoms. The van der Waals surface area contributed by atoms with Crippen molar-refractivity contribution in [1.29, 1.82) is 0 Å². The number of rotatable bonds is 4. The Kier molecular flexibility index (Phi) is 6.26. The van der Waals surface area contributed by atoms with E-state index in [9.17, 15) is 0 Å². The Hall–Kier alpha value is -3.54. The molecule has 0 spiro atoms. The van der Waals surface area contributed by atoms with E-state index in [1.165, 1.54) is 31.4 Å². The summed E-state index contributed by atoms with van der Waals surface area (Å²) in [4.78, 5) is 15.5. The smallest absolute Gasteiger partial charge is 0.290 e. The summed E-state index contributed by atoms with van der Waals surface area (Å²) in [6.45, 7) is 5.27. The molecule has 2 fully saturated rings. The monoisotopic (exact) mass is 409 g/mol. The van der Waals surface area contributed by atoms with E-state index in [4.69, 9.17) is 14.9 Å². The van der Waals surface area contributed by atoms with Crippen LogP contribution in [-0.2, 0) is 10.2 Å². The summed E-state index contributed by atoms with van der Waals surface area (Å²) >= 11 is 0. The number of aromatic amines is 1. The lowest BCUT2D eigenvalue weighted by Crippen LogP contribution is -2.29. The second kappa shape index (κ2) is 8.86. The predicted molar refractivity (Wildman–Crippen MR) is 116 cm³/mol. The summed E-state index contributed by atoms with van der Waals surface area (Å²) in [6, 6.07) is 6.60. The van der Waals surface area contributed by atoms with Crippen LogP contribution in [0.5, 0.6) is 0 Å². The Labute approximate surface area is 175 Å². The van der Waals surface area contributed by atoms with Gasteiger partial charge in [-0.25, -0.2) is 4.52 Å². The second-order valence-corrected chi connectivity index (χ2v) is 7.74. The number of hydrogen-bond donors (Lipinski definition) is 3. The van der Waals surface area contributed by atoms with Crippen LogP contribution in [0.4, 0.5) is 17.6 Å². The number of terminal acetylenes is 1. The number of fused-ring (bicyclic) bond motifs is 1. The molecule has 3 aromatic heterocycles. The highest BCUT2D eigenvalue weighted by atomic mass is 16.3. The first-order valence-corrected chi connectivity index (χ1v) is 9.90. The highest BCUT2D eigenvalue weighted by Gasteiger charge is 2.40. The molecule has 0 unspecified atom stereocenters. The largest absolute Gasteiger partial charge is 0.483 e. The molecule has 3 aromatic rings. The summed E-state index contributed by atoms with van der Waals surface area (Å²) in [6.07, 6.45) is 14.8. The Morgan fingerprint density at radius 2 is 2.13 bits per heavy atom. The van der Waals surface area contributed by atoms with Crippen molar-refractivity contribution in [2.24, 2.45) is 0 Å². The molecule has 3 N–H and O–H groups in total. The number of H-pyrrole nitrogens is 1. The zero-order valence-electron chi connectivity index (χ0n) is 17.2. The standard InChI is InChI=1S/C18H23N7.C2H2.CH2O2/c1-12-5-3-9-24(12)17-20-16(13-6-4-10-25(13)23-17)19-15-11-14(21-22-15)18(2)7-8-18;1-2;2-1-3/h4,6,10-12H,3,5,7-9H2,1-2H3,(H2,19,20,21,22,23);1-2H;1H,(H,2,3)/t12-;;/m0../s1. The normalized spacial score (nSPS) is 18.7. The molecular weight excluding hydrogens is 382 g/mol. The van der Waals surface area contributed by atoms with Crippen LogP contribution in [0.15, 0.2) is 24.4 Å². The zero-order chi connectivity index (χ0) is 21.7. The highest BCUT2D eigenvalue weighted by Crippen LogP contribution is 2.47. The third-order valence-electron chi connectivity index (χ3n) is 5.66. The first kappa shape index (κ1) is 21.2. The van der Waals surface area contributed by atoms with Crippen LogP contribution in [0.2, 0.25) is 0 Å². The van der Waals surface area contributed by atoms with Gasteiger partial charge in [0.2, 0.25) is 5.95 Å². The molecule has 1 aliphatic heterocycles. The minimum absolute atomic E-state index is 0.250. The zero-order valence-corrected chi connectivity index (χ0v) is 17.2.